The minimum atomic E-state index is -0.0865. The Morgan fingerprint density at radius 3 is 2.61 bits per heavy atom. The number of carbonyl (C=O) groups excluding carboxylic acids is 1. The second-order valence-corrected chi connectivity index (χ2v) is 4.04. The molecule has 4 nitrogen and oxygen atoms in total. The average Bonchev–Trinajstić information content (AvgIpc) is 2.42. The summed E-state index contributed by atoms with van der Waals surface area (Å²) in [7, 11) is 1.60. The maximum atomic E-state index is 11.9. The normalized spacial score (nSPS) is 10.1. The summed E-state index contributed by atoms with van der Waals surface area (Å²) in [6, 6.07) is 9.25. The maximum Gasteiger partial charge on any atom is 0.260 e. The number of nitrogens with zero attached hydrogens (tertiary/aromatic N) is 1. The number of halogens is 1. The van der Waals surface area contributed by atoms with E-state index in [1.807, 2.05) is 30.3 Å². The zero-order valence-electron chi connectivity index (χ0n) is 10.5. The molecular formula is C13H18ClNO3. The van der Waals surface area contributed by atoms with Gasteiger partial charge in [-0.25, -0.2) is 0 Å². The lowest BCUT2D eigenvalue weighted by Gasteiger charge is -2.21. The Balaban J connectivity index is 2.40. The second-order valence-electron chi connectivity index (χ2n) is 3.66. The zero-order valence-corrected chi connectivity index (χ0v) is 11.2. The number of ether oxygens (including phenoxy) is 2. The Kier molecular flexibility index (Phi) is 7.22. The van der Waals surface area contributed by atoms with E-state index in [0.29, 0.717) is 31.3 Å². The van der Waals surface area contributed by atoms with Crippen LogP contribution in [0.2, 0.25) is 0 Å². The summed E-state index contributed by atoms with van der Waals surface area (Å²) in [5.41, 5.74) is 0. The minimum absolute atomic E-state index is 0.0185. The van der Waals surface area contributed by atoms with E-state index in [4.69, 9.17) is 21.1 Å². The van der Waals surface area contributed by atoms with Gasteiger partial charge >= 0.3 is 0 Å². The van der Waals surface area contributed by atoms with Crippen LogP contribution in [-0.2, 0) is 9.53 Å². The molecule has 0 saturated carbocycles. The van der Waals surface area contributed by atoms with Crippen LogP contribution in [0.3, 0.4) is 0 Å². The summed E-state index contributed by atoms with van der Waals surface area (Å²) < 4.78 is 10.4. The highest BCUT2D eigenvalue weighted by Crippen LogP contribution is 2.08. The molecule has 0 N–H and O–H groups in total. The number of benzene rings is 1. The van der Waals surface area contributed by atoms with Gasteiger partial charge in [-0.05, 0) is 12.1 Å². The molecule has 0 spiro atoms. The molecule has 1 aromatic rings. The number of para-hydroxylation sites is 1. The molecule has 0 saturated heterocycles. The summed E-state index contributed by atoms with van der Waals surface area (Å²) in [6.07, 6.45) is 0. The van der Waals surface area contributed by atoms with Gasteiger partial charge in [-0.15, -0.1) is 11.6 Å². The molecule has 0 heterocycles. The Morgan fingerprint density at radius 1 is 1.28 bits per heavy atom. The lowest BCUT2D eigenvalue weighted by Crippen LogP contribution is -2.38. The fourth-order valence-corrected chi connectivity index (χ4v) is 1.62. The molecule has 0 atom stereocenters. The molecular weight excluding hydrogens is 254 g/mol. The number of alkyl halides is 1. The molecule has 0 aromatic heterocycles. The lowest BCUT2D eigenvalue weighted by atomic mass is 10.3. The number of carbonyl (C=O) groups is 1. The van der Waals surface area contributed by atoms with Crippen molar-refractivity contribution in [2.24, 2.45) is 0 Å². The SMILES string of the molecule is COCCN(CCCl)C(=O)COc1ccccc1. The van der Waals surface area contributed by atoms with Crippen molar-refractivity contribution in [2.45, 2.75) is 0 Å². The maximum absolute atomic E-state index is 11.9. The fourth-order valence-electron chi connectivity index (χ4n) is 1.42. The third kappa shape index (κ3) is 5.38. The van der Waals surface area contributed by atoms with Crippen LogP contribution in [-0.4, -0.2) is 50.1 Å². The van der Waals surface area contributed by atoms with E-state index in [1.165, 1.54) is 0 Å². The van der Waals surface area contributed by atoms with E-state index in [-0.39, 0.29) is 12.5 Å². The van der Waals surface area contributed by atoms with Gasteiger partial charge in [0.15, 0.2) is 6.61 Å². The van der Waals surface area contributed by atoms with Gasteiger partial charge in [0.05, 0.1) is 6.61 Å². The zero-order chi connectivity index (χ0) is 13.2. The molecule has 18 heavy (non-hydrogen) atoms. The average molecular weight is 272 g/mol. The lowest BCUT2D eigenvalue weighted by molar-refractivity contribution is -0.133. The van der Waals surface area contributed by atoms with Crippen molar-refractivity contribution in [1.82, 2.24) is 4.90 Å². The fraction of sp³-hybridized carbons (Fsp3) is 0.462. The standard InChI is InChI=1S/C13H18ClNO3/c1-17-10-9-15(8-7-14)13(16)11-18-12-5-3-2-4-6-12/h2-6H,7-11H2,1H3. The van der Waals surface area contributed by atoms with Crippen LogP contribution in [0.4, 0.5) is 0 Å². The molecule has 0 unspecified atom stereocenters. The van der Waals surface area contributed by atoms with Crippen molar-refractivity contribution >= 4 is 17.5 Å². The van der Waals surface area contributed by atoms with Gasteiger partial charge in [-0.2, -0.15) is 0 Å². The molecule has 0 radical (unpaired) electrons. The van der Waals surface area contributed by atoms with Crippen LogP contribution in [0.1, 0.15) is 0 Å². The van der Waals surface area contributed by atoms with Crippen LogP contribution in [0, 0.1) is 0 Å². The van der Waals surface area contributed by atoms with Crippen LogP contribution in [0.5, 0.6) is 5.75 Å². The minimum Gasteiger partial charge on any atom is -0.484 e. The number of hydrogen-bond donors (Lipinski definition) is 0. The highest BCUT2D eigenvalue weighted by atomic mass is 35.5. The van der Waals surface area contributed by atoms with Crippen LogP contribution in [0.25, 0.3) is 0 Å². The van der Waals surface area contributed by atoms with Gasteiger partial charge < -0.3 is 14.4 Å². The molecule has 1 rings (SSSR count). The molecule has 5 heteroatoms. The topological polar surface area (TPSA) is 38.8 Å². The van der Waals surface area contributed by atoms with Gasteiger partial charge in [-0.1, -0.05) is 18.2 Å². The van der Waals surface area contributed by atoms with Gasteiger partial charge in [0.2, 0.25) is 0 Å². The molecule has 1 amide bonds. The third-order valence-electron chi connectivity index (χ3n) is 2.38. The smallest absolute Gasteiger partial charge is 0.260 e. The van der Waals surface area contributed by atoms with E-state index in [1.54, 1.807) is 12.0 Å². The quantitative estimate of drug-likeness (QED) is 0.677. The first-order valence-electron chi connectivity index (χ1n) is 5.78. The molecule has 0 aliphatic heterocycles. The van der Waals surface area contributed by atoms with Gasteiger partial charge in [0, 0.05) is 26.1 Å². The first kappa shape index (κ1) is 14.8. The summed E-state index contributed by atoms with van der Waals surface area (Å²) >= 11 is 5.66. The predicted octanol–water partition coefficient (Wildman–Crippen LogP) is 1.78. The molecule has 100 valence electrons. The van der Waals surface area contributed by atoms with Crippen molar-refractivity contribution in [3.63, 3.8) is 0 Å². The number of rotatable bonds is 8. The van der Waals surface area contributed by atoms with Crippen LogP contribution < -0.4 is 4.74 Å². The van der Waals surface area contributed by atoms with Crippen LogP contribution in [0.15, 0.2) is 30.3 Å². The van der Waals surface area contributed by atoms with Crippen molar-refractivity contribution in [2.75, 3.05) is 39.3 Å². The van der Waals surface area contributed by atoms with Crippen molar-refractivity contribution in [3.05, 3.63) is 30.3 Å². The number of amides is 1. The molecule has 1 aromatic carbocycles. The number of hydrogen-bond acceptors (Lipinski definition) is 3. The summed E-state index contributed by atoms with van der Waals surface area (Å²) in [4.78, 5) is 13.5. The highest BCUT2D eigenvalue weighted by Gasteiger charge is 2.13. The van der Waals surface area contributed by atoms with Crippen molar-refractivity contribution < 1.29 is 14.3 Å². The van der Waals surface area contributed by atoms with Gasteiger partial charge in [-0.3, -0.25) is 4.79 Å². The molecule has 0 aliphatic rings. The molecule has 0 aliphatic carbocycles. The molecule has 0 fully saturated rings. The predicted molar refractivity (Wildman–Crippen MR) is 71.1 cm³/mol. The Bertz CT molecular complexity index is 345. The van der Waals surface area contributed by atoms with E-state index >= 15 is 0 Å². The Labute approximate surface area is 112 Å². The number of methoxy groups -OCH3 is 1. The largest absolute Gasteiger partial charge is 0.484 e. The summed E-state index contributed by atoms with van der Waals surface area (Å²) in [5, 5.41) is 0. The van der Waals surface area contributed by atoms with E-state index in [2.05, 4.69) is 0 Å². The first-order valence-corrected chi connectivity index (χ1v) is 6.32. The monoisotopic (exact) mass is 271 g/mol. The third-order valence-corrected chi connectivity index (χ3v) is 2.55. The second kappa shape index (κ2) is 8.78. The van der Waals surface area contributed by atoms with Crippen molar-refractivity contribution in [3.8, 4) is 5.75 Å². The van der Waals surface area contributed by atoms with E-state index < -0.39 is 0 Å². The first-order chi connectivity index (χ1) is 8.77. The summed E-state index contributed by atoms with van der Waals surface area (Å²) in [5.74, 6) is 1.00. The molecule has 0 bridgehead atoms. The van der Waals surface area contributed by atoms with Crippen LogP contribution >= 0.6 is 11.6 Å². The summed E-state index contributed by atoms with van der Waals surface area (Å²) in [6.45, 7) is 1.54. The van der Waals surface area contributed by atoms with Gasteiger partial charge in [0.1, 0.15) is 5.75 Å². The van der Waals surface area contributed by atoms with E-state index in [9.17, 15) is 4.79 Å². The Hall–Kier alpha value is -1.26. The van der Waals surface area contributed by atoms with Gasteiger partial charge in [0.25, 0.3) is 5.91 Å². The van der Waals surface area contributed by atoms with E-state index in [0.717, 1.165) is 0 Å². The Morgan fingerprint density at radius 2 is 2.00 bits per heavy atom. The highest BCUT2D eigenvalue weighted by molar-refractivity contribution is 6.18. The van der Waals surface area contributed by atoms with Crippen molar-refractivity contribution in [1.29, 1.82) is 0 Å².